The lowest BCUT2D eigenvalue weighted by Gasteiger charge is -1.99. The van der Waals surface area contributed by atoms with Crippen LogP contribution in [-0.4, -0.2) is 32.9 Å². The number of hydrogen-bond acceptors (Lipinski definition) is 6. The first kappa shape index (κ1) is 11.6. The topological polar surface area (TPSA) is 89.3 Å². The van der Waals surface area contributed by atoms with E-state index in [-0.39, 0.29) is 11.2 Å². The quantitative estimate of drug-likeness (QED) is 0.703. The smallest absolute Gasteiger partial charge is 0.361 e. The number of esters is 1. The number of aromatic amines is 1. The fourth-order valence-electron chi connectivity index (χ4n) is 1.72. The maximum absolute atomic E-state index is 12.0. The van der Waals surface area contributed by atoms with Crippen LogP contribution in [0.3, 0.4) is 0 Å². The Kier molecular flexibility index (Phi) is 2.64. The molecular formula is C11H8N4O3S. The molecule has 0 aliphatic heterocycles. The van der Waals surface area contributed by atoms with Gasteiger partial charge in [0.15, 0.2) is 5.52 Å². The van der Waals surface area contributed by atoms with Crippen LogP contribution in [0.25, 0.3) is 16.1 Å². The zero-order valence-corrected chi connectivity index (χ0v) is 10.6. The van der Waals surface area contributed by atoms with Gasteiger partial charge in [-0.1, -0.05) is 11.3 Å². The second-order valence-electron chi connectivity index (χ2n) is 3.70. The van der Waals surface area contributed by atoms with Crippen molar-refractivity contribution in [3.8, 4) is 10.6 Å². The molecule has 0 unspecified atom stereocenters. The number of nitrogens with zero attached hydrogens (tertiary/aromatic N) is 3. The molecule has 0 amide bonds. The van der Waals surface area contributed by atoms with E-state index in [0.717, 1.165) is 4.88 Å². The number of H-pyrrole nitrogens is 1. The summed E-state index contributed by atoms with van der Waals surface area (Å²) in [6.07, 6.45) is 1.61. The van der Waals surface area contributed by atoms with Gasteiger partial charge in [-0.2, -0.15) is 0 Å². The summed E-state index contributed by atoms with van der Waals surface area (Å²) in [6, 6.07) is 3.75. The summed E-state index contributed by atoms with van der Waals surface area (Å²) >= 11 is 1.49. The van der Waals surface area contributed by atoms with Crippen molar-refractivity contribution in [3.63, 3.8) is 0 Å². The Hall–Kier alpha value is -2.48. The van der Waals surface area contributed by atoms with E-state index >= 15 is 0 Å². The minimum atomic E-state index is -0.690. The van der Waals surface area contributed by atoms with Crippen molar-refractivity contribution in [1.82, 2.24) is 19.8 Å². The maximum atomic E-state index is 12.0. The number of hydrogen-bond donors (Lipinski definition) is 1. The van der Waals surface area contributed by atoms with Crippen molar-refractivity contribution in [3.05, 3.63) is 39.8 Å². The van der Waals surface area contributed by atoms with Gasteiger partial charge in [0.05, 0.1) is 23.9 Å². The molecule has 1 N–H and O–H groups in total. The second-order valence-corrected chi connectivity index (χ2v) is 4.64. The highest BCUT2D eigenvalue weighted by atomic mass is 32.1. The van der Waals surface area contributed by atoms with Crippen LogP contribution in [-0.2, 0) is 4.74 Å². The summed E-state index contributed by atoms with van der Waals surface area (Å²) in [7, 11) is 1.22. The molecule has 0 fully saturated rings. The Morgan fingerprint density at radius 2 is 2.37 bits per heavy atom. The molecule has 0 radical (unpaired) electrons. The fourth-order valence-corrected chi connectivity index (χ4v) is 2.41. The number of thiophene rings is 1. The third-order valence-electron chi connectivity index (χ3n) is 2.57. The molecule has 0 bridgehead atoms. The molecule has 3 rings (SSSR count). The Morgan fingerprint density at radius 1 is 1.53 bits per heavy atom. The molecule has 3 aromatic heterocycles. The standard InChI is InChI=1S/C11H8N4O3S/c1-18-11(17)8-9-10(16)12-6(5-15(9)14-13-8)7-3-2-4-19-7/h2-5H,1H3,(H,12,16). The van der Waals surface area contributed by atoms with Gasteiger partial charge in [0.25, 0.3) is 5.56 Å². The first-order valence-electron chi connectivity index (χ1n) is 5.31. The van der Waals surface area contributed by atoms with Crippen LogP contribution in [0.15, 0.2) is 28.5 Å². The number of carbonyl (C=O) groups is 1. The van der Waals surface area contributed by atoms with E-state index in [4.69, 9.17) is 0 Å². The van der Waals surface area contributed by atoms with E-state index in [1.807, 2.05) is 17.5 Å². The summed E-state index contributed by atoms with van der Waals surface area (Å²) in [5.41, 5.74) is 0.166. The van der Waals surface area contributed by atoms with E-state index < -0.39 is 11.5 Å². The molecule has 0 spiro atoms. The lowest BCUT2D eigenvalue weighted by Crippen LogP contribution is -2.14. The van der Waals surface area contributed by atoms with Gasteiger partial charge >= 0.3 is 5.97 Å². The highest BCUT2D eigenvalue weighted by Crippen LogP contribution is 2.21. The zero-order valence-electron chi connectivity index (χ0n) is 9.78. The maximum Gasteiger partial charge on any atom is 0.361 e. The van der Waals surface area contributed by atoms with Crippen molar-refractivity contribution in [1.29, 1.82) is 0 Å². The first-order valence-corrected chi connectivity index (χ1v) is 6.19. The lowest BCUT2D eigenvalue weighted by atomic mass is 10.3. The van der Waals surface area contributed by atoms with E-state index in [1.54, 1.807) is 6.20 Å². The molecule has 7 nitrogen and oxygen atoms in total. The van der Waals surface area contributed by atoms with Crippen molar-refractivity contribution in [2.45, 2.75) is 0 Å². The third-order valence-corrected chi connectivity index (χ3v) is 3.48. The largest absolute Gasteiger partial charge is 0.464 e. The number of aromatic nitrogens is 4. The SMILES string of the molecule is COC(=O)c1nnn2cc(-c3cccs3)[nH]c(=O)c12. The van der Waals surface area contributed by atoms with E-state index in [9.17, 15) is 9.59 Å². The van der Waals surface area contributed by atoms with E-state index in [1.165, 1.54) is 23.0 Å². The third kappa shape index (κ3) is 1.82. The van der Waals surface area contributed by atoms with Crippen molar-refractivity contribution in [2.75, 3.05) is 7.11 Å². The van der Waals surface area contributed by atoms with E-state index in [0.29, 0.717) is 5.69 Å². The number of carbonyl (C=O) groups excluding carboxylic acids is 1. The number of ether oxygens (including phenoxy) is 1. The number of nitrogens with one attached hydrogen (secondary N) is 1. The van der Waals surface area contributed by atoms with Crippen molar-refractivity contribution >= 4 is 22.8 Å². The minimum absolute atomic E-state index is 0.0761. The Balaban J connectivity index is 2.25. The molecular weight excluding hydrogens is 268 g/mol. The van der Waals surface area contributed by atoms with E-state index in [2.05, 4.69) is 20.0 Å². The summed E-state index contributed by atoms with van der Waals surface area (Å²) in [5.74, 6) is -0.690. The van der Waals surface area contributed by atoms with Gasteiger partial charge in [0.1, 0.15) is 0 Å². The highest BCUT2D eigenvalue weighted by Gasteiger charge is 2.19. The molecule has 0 atom stereocenters. The molecule has 0 aliphatic carbocycles. The average molecular weight is 276 g/mol. The van der Waals surface area contributed by atoms with Crippen LogP contribution < -0.4 is 5.56 Å². The summed E-state index contributed by atoms with van der Waals surface area (Å²) < 4.78 is 5.83. The van der Waals surface area contributed by atoms with Crippen molar-refractivity contribution in [2.24, 2.45) is 0 Å². The monoisotopic (exact) mass is 276 g/mol. The van der Waals surface area contributed by atoms with Crippen LogP contribution in [0.5, 0.6) is 0 Å². The average Bonchev–Trinajstić information content (AvgIpc) is 3.06. The summed E-state index contributed by atoms with van der Waals surface area (Å²) in [6.45, 7) is 0. The van der Waals surface area contributed by atoms with Crippen LogP contribution >= 0.6 is 11.3 Å². The second kappa shape index (κ2) is 4.32. The van der Waals surface area contributed by atoms with Crippen LogP contribution in [0, 0.1) is 0 Å². The molecule has 8 heteroatoms. The summed E-state index contributed by atoms with van der Waals surface area (Å²) in [5, 5.41) is 9.34. The highest BCUT2D eigenvalue weighted by molar-refractivity contribution is 7.13. The molecule has 19 heavy (non-hydrogen) atoms. The number of methoxy groups -OCH3 is 1. The molecule has 3 aromatic rings. The molecule has 3 heterocycles. The number of rotatable bonds is 2. The summed E-state index contributed by atoms with van der Waals surface area (Å²) in [4.78, 5) is 27.1. The molecule has 0 saturated heterocycles. The van der Waals surface area contributed by atoms with Gasteiger partial charge in [0.2, 0.25) is 5.69 Å². The zero-order chi connectivity index (χ0) is 13.4. The minimum Gasteiger partial charge on any atom is -0.464 e. The van der Waals surface area contributed by atoms with Crippen LogP contribution in [0.2, 0.25) is 0 Å². The van der Waals surface area contributed by atoms with Crippen LogP contribution in [0.1, 0.15) is 10.5 Å². The Morgan fingerprint density at radius 3 is 3.05 bits per heavy atom. The molecule has 0 aromatic carbocycles. The van der Waals surface area contributed by atoms with Gasteiger partial charge in [-0.3, -0.25) is 4.79 Å². The lowest BCUT2D eigenvalue weighted by molar-refractivity contribution is 0.0596. The van der Waals surface area contributed by atoms with Gasteiger partial charge < -0.3 is 9.72 Å². The van der Waals surface area contributed by atoms with Gasteiger partial charge in [-0.05, 0) is 11.4 Å². The Bertz CT molecular complexity index is 803. The van der Waals surface area contributed by atoms with Gasteiger partial charge in [0, 0.05) is 0 Å². The first-order chi connectivity index (χ1) is 9.20. The Labute approximate surface area is 110 Å². The molecule has 96 valence electrons. The predicted molar refractivity (Wildman–Crippen MR) is 68.3 cm³/mol. The van der Waals surface area contributed by atoms with Gasteiger partial charge in [-0.15, -0.1) is 16.4 Å². The van der Waals surface area contributed by atoms with Crippen molar-refractivity contribution < 1.29 is 9.53 Å². The van der Waals surface area contributed by atoms with Crippen LogP contribution in [0.4, 0.5) is 0 Å². The number of fused-ring (bicyclic) bond motifs is 1. The predicted octanol–water partition coefficient (Wildman–Crippen LogP) is 0.933. The molecule has 0 saturated carbocycles. The normalized spacial score (nSPS) is 10.8. The molecule has 0 aliphatic rings. The fraction of sp³-hybridized carbons (Fsp3) is 0.0909. The van der Waals surface area contributed by atoms with Gasteiger partial charge in [-0.25, -0.2) is 9.31 Å².